The normalized spacial score (nSPS) is 11.4. The van der Waals surface area contributed by atoms with Crippen LogP contribution < -0.4 is 5.73 Å². The Morgan fingerprint density at radius 3 is 2.30 bits per heavy atom. The Kier molecular flexibility index (Phi) is 6.40. The molecule has 0 saturated carbocycles. The molecule has 4 heteroatoms. The van der Waals surface area contributed by atoms with Gasteiger partial charge < -0.3 is 10.8 Å². The molecule has 0 fully saturated rings. The average molecular weight is 166 g/mol. The second-order valence-corrected chi connectivity index (χ2v) is 1.85. The van der Waals surface area contributed by atoms with Crippen LogP contribution in [0.25, 0.3) is 0 Å². The first-order chi connectivity index (χ1) is 4.09. The van der Waals surface area contributed by atoms with Gasteiger partial charge in [0.2, 0.25) is 0 Å². The van der Waals surface area contributed by atoms with Gasteiger partial charge in [0, 0.05) is 11.6 Å². The Hall–Kier alpha value is -0.540. The van der Waals surface area contributed by atoms with E-state index in [0.717, 1.165) is 0 Å². The predicted molar refractivity (Wildman–Crippen MR) is 42.3 cm³/mol. The molecular formula is C6H12ClNO2. The highest BCUT2D eigenvalue weighted by Gasteiger charge is 2.10. The molecule has 0 aromatic carbocycles. The van der Waals surface area contributed by atoms with Crippen LogP contribution in [0, 0.1) is 0 Å². The van der Waals surface area contributed by atoms with Gasteiger partial charge >= 0.3 is 5.97 Å². The van der Waals surface area contributed by atoms with Crippen LogP contribution in [-0.4, -0.2) is 17.1 Å². The first kappa shape index (κ1) is 12.2. The van der Waals surface area contributed by atoms with Gasteiger partial charge in [0.25, 0.3) is 0 Å². The van der Waals surface area contributed by atoms with Gasteiger partial charge in [0.1, 0.15) is 0 Å². The summed E-state index contributed by atoms with van der Waals surface area (Å²) in [5, 5.41) is 8.30. The van der Waals surface area contributed by atoms with Crippen molar-refractivity contribution < 1.29 is 9.90 Å². The van der Waals surface area contributed by atoms with Crippen LogP contribution >= 0.6 is 12.4 Å². The topological polar surface area (TPSA) is 63.3 Å². The van der Waals surface area contributed by atoms with E-state index in [9.17, 15) is 4.79 Å². The summed E-state index contributed by atoms with van der Waals surface area (Å²) in [6, 6.07) is -0.400. The minimum Gasteiger partial charge on any atom is -0.478 e. The highest BCUT2D eigenvalue weighted by atomic mass is 35.5. The van der Waals surface area contributed by atoms with E-state index in [1.165, 1.54) is 0 Å². The van der Waals surface area contributed by atoms with Gasteiger partial charge in [-0.05, 0) is 6.42 Å². The van der Waals surface area contributed by atoms with Crippen molar-refractivity contribution in [2.45, 2.75) is 19.4 Å². The fourth-order valence-corrected chi connectivity index (χ4v) is 0.405. The van der Waals surface area contributed by atoms with Crippen molar-refractivity contribution in [2.24, 2.45) is 5.73 Å². The molecule has 0 amide bonds. The Morgan fingerprint density at radius 1 is 1.80 bits per heavy atom. The van der Waals surface area contributed by atoms with Gasteiger partial charge in [-0.25, -0.2) is 4.79 Å². The fraction of sp³-hybridized carbons (Fsp3) is 0.500. The lowest BCUT2D eigenvalue weighted by atomic mass is 10.1. The summed E-state index contributed by atoms with van der Waals surface area (Å²) >= 11 is 0. The molecule has 1 unspecified atom stereocenters. The number of halogens is 1. The van der Waals surface area contributed by atoms with Crippen molar-refractivity contribution in [3.05, 3.63) is 12.2 Å². The van der Waals surface area contributed by atoms with E-state index < -0.39 is 12.0 Å². The van der Waals surface area contributed by atoms with Crippen molar-refractivity contribution in [1.29, 1.82) is 0 Å². The summed E-state index contributed by atoms with van der Waals surface area (Å²) in [5.74, 6) is -1.01. The summed E-state index contributed by atoms with van der Waals surface area (Å²) in [6.45, 7) is 5.12. The third-order valence-corrected chi connectivity index (χ3v) is 1.16. The molecule has 0 bridgehead atoms. The molecule has 0 saturated heterocycles. The van der Waals surface area contributed by atoms with Gasteiger partial charge in [0.15, 0.2) is 0 Å². The number of rotatable bonds is 3. The SMILES string of the molecule is C=C(C(=O)O)C(N)CC.Cl. The van der Waals surface area contributed by atoms with E-state index in [2.05, 4.69) is 6.58 Å². The molecule has 0 heterocycles. The third kappa shape index (κ3) is 3.48. The van der Waals surface area contributed by atoms with E-state index >= 15 is 0 Å². The zero-order valence-corrected chi connectivity index (χ0v) is 6.65. The van der Waals surface area contributed by atoms with Crippen LogP contribution in [0.1, 0.15) is 13.3 Å². The Bertz CT molecular complexity index is 136. The van der Waals surface area contributed by atoms with Crippen LogP contribution in [-0.2, 0) is 4.79 Å². The second kappa shape index (κ2) is 5.26. The molecule has 1 atom stereocenters. The van der Waals surface area contributed by atoms with Gasteiger partial charge in [-0.3, -0.25) is 0 Å². The predicted octanol–water partition coefficient (Wildman–Crippen LogP) is 0.786. The maximum absolute atomic E-state index is 10.1. The van der Waals surface area contributed by atoms with Gasteiger partial charge in [0.05, 0.1) is 0 Å². The third-order valence-electron chi connectivity index (χ3n) is 1.16. The van der Waals surface area contributed by atoms with E-state index in [-0.39, 0.29) is 18.0 Å². The maximum atomic E-state index is 10.1. The van der Waals surface area contributed by atoms with E-state index in [4.69, 9.17) is 10.8 Å². The highest BCUT2D eigenvalue weighted by Crippen LogP contribution is 1.99. The number of nitrogens with two attached hydrogens (primary N) is 1. The van der Waals surface area contributed by atoms with Crippen molar-refractivity contribution in [1.82, 2.24) is 0 Å². The number of hydrogen-bond acceptors (Lipinski definition) is 2. The van der Waals surface area contributed by atoms with Crippen LogP contribution in [0.4, 0.5) is 0 Å². The lowest BCUT2D eigenvalue weighted by Crippen LogP contribution is -2.25. The summed E-state index contributed by atoms with van der Waals surface area (Å²) in [4.78, 5) is 10.1. The lowest BCUT2D eigenvalue weighted by Gasteiger charge is -2.05. The van der Waals surface area contributed by atoms with Crippen molar-refractivity contribution in [3.63, 3.8) is 0 Å². The molecule has 10 heavy (non-hydrogen) atoms. The molecule has 0 radical (unpaired) electrons. The largest absolute Gasteiger partial charge is 0.478 e. The second-order valence-electron chi connectivity index (χ2n) is 1.85. The molecule has 0 spiro atoms. The smallest absolute Gasteiger partial charge is 0.332 e. The molecule has 60 valence electrons. The Morgan fingerprint density at radius 2 is 2.20 bits per heavy atom. The highest BCUT2D eigenvalue weighted by molar-refractivity contribution is 5.87. The molecular weight excluding hydrogens is 154 g/mol. The summed E-state index contributed by atoms with van der Waals surface area (Å²) in [7, 11) is 0. The van der Waals surface area contributed by atoms with Crippen LogP contribution in [0.15, 0.2) is 12.2 Å². The number of aliphatic carboxylic acids is 1. The molecule has 0 aromatic heterocycles. The van der Waals surface area contributed by atoms with Crippen LogP contribution in [0.5, 0.6) is 0 Å². The molecule has 0 rings (SSSR count). The number of hydrogen-bond donors (Lipinski definition) is 2. The van der Waals surface area contributed by atoms with Crippen molar-refractivity contribution in [2.75, 3.05) is 0 Å². The van der Waals surface area contributed by atoms with Crippen molar-refractivity contribution in [3.8, 4) is 0 Å². The van der Waals surface area contributed by atoms with Crippen LogP contribution in [0.2, 0.25) is 0 Å². The summed E-state index contributed by atoms with van der Waals surface area (Å²) in [6.07, 6.45) is 0.616. The van der Waals surface area contributed by atoms with Crippen LogP contribution in [0.3, 0.4) is 0 Å². The monoisotopic (exact) mass is 165 g/mol. The number of carboxylic acid groups (broad SMARTS) is 1. The van der Waals surface area contributed by atoms with E-state index in [1.54, 1.807) is 0 Å². The summed E-state index contributed by atoms with van der Waals surface area (Å²) < 4.78 is 0. The first-order valence-corrected chi connectivity index (χ1v) is 2.77. The minimum absolute atomic E-state index is 0. The van der Waals surface area contributed by atoms with E-state index in [1.807, 2.05) is 6.92 Å². The van der Waals surface area contributed by atoms with Gasteiger partial charge in [-0.15, -0.1) is 12.4 Å². The number of carbonyl (C=O) groups is 1. The molecule has 0 aliphatic rings. The Labute approximate surface area is 66.3 Å². The maximum Gasteiger partial charge on any atom is 0.332 e. The zero-order chi connectivity index (χ0) is 7.44. The molecule has 0 aliphatic carbocycles. The molecule has 3 N–H and O–H groups in total. The first-order valence-electron chi connectivity index (χ1n) is 2.77. The number of carboxylic acids is 1. The standard InChI is InChI=1S/C6H11NO2.ClH/c1-3-5(7)4(2)6(8)9;/h5H,2-3,7H2,1H3,(H,8,9);1H. The average Bonchev–Trinajstić information content (AvgIpc) is 1.84. The molecule has 0 aliphatic heterocycles. The van der Waals surface area contributed by atoms with Gasteiger partial charge in [-0.1, -0.05) is 13.5 Å². The zero-order valence-electron chi connectivity index (χ0n) is 5.83. The quantitative estimate of drug-likeness (QED) is 0.608. The molecule has 0 aromatic rings. The summed E-state index contributed by atoms with van der Waals surface area (Å²) in [5.41, 5.74) is 5.42. The Balaban J connectivity index is 0. The lowest BCUT2D eigenvalue weighted by molar-refractivity contribution is -0.132. The van der Waals surface area contributed by atoms with Crippen molar-refractivity contribution >= 4 is 18.4 Å². The van der Waals surface area contributed by atoms with E-state index in [0.29, 0.717) is 6.42 Å². The minimum atomic E-state index is -1.01. The molecule has 3 nitrogen and oxygen atoms in total. The fourth-order valence-electron chi connectivity index (χ4n) is 0.405. The van der Waals surface area contributed by atoms with Gasteiger partial charge in [-0.2, -0.15) is 0 Å².